The van der Waals surface area contributed by atoms with E-state index in [2.05, 4.69) is 96.0 Å². The molecule has 1 aromatic rings. The molecule has 222 valence electrons. The Labute approximate surface area is 275 Å². The van der Waals surface area contributed by atoms with Gasteiger partial charge in [-0.25, -0.2) is 0 Å². The van der Waals surface area contributed by atoms with Gasteiger partial charge in [0.2, 0.25) is 0 Å². The van der Waals surface area contributed by atoms with Crippen molar-refractivity contribution in [2.24, 2.45) is 17.8 Å². The topological polar surface area (TPSA) is 3.24 Å². The van der Waals surface area contributed by atoms with Crippen molar-refractivity contribution in [3.05, 3.63) is 146 Å². The Kier molecular flexibility index (Phi) is 6.20. The van der Waals surface area contributed by atoms with E-state index in [0.29, 0.717) is 27.6 Å². The number of rotatable bonds is 6. The van der Waals surface area contributed by atoms with Crippen molar-refractivity contribution >= 4 is 29.1 Å². The van der Waals surface area contributed by atoms with Gasteiger partial charge in [-0.05, 0) is 104 Å². The molecule has 0 aromatic carbocycles. The molecular weight excluding hydrogens is 551 g/mol. The average molecular weight is 600 g/mol. The minimum Gasteiger partial charge on any atom is -0.337 e. The lowest BCUT2D eigenvalue weighted by molar-refractivity contribution is 0.402. The van der Waals surface area contributed by atoms with Gasteiger partial charge in [0, 0.05) is 32.2 Å². The van der Waals surface area contributed by atoms with Crippen molar-refractivity contribution in [2.75, 3.05) is 0 Å². The van der Waals surface area contributed by atoms with Crippen LogP contribution in [0.2, 0.25) is 0 Å². The van der Waals surface area contributed by atoms with Crippen molar-refractivity contribution < 1.29 is 8.22 Å². The summed E-state index contributed by atoms with van der Waals surface area (Å²) in [4.78, 5) is 2.89. The van der Waals surface area contributed by atoms with Crippen LogP contribution < -0.4 is 9.75 Å². The number of hydrogen-bond donors (Lipinski definition) is 0. The fourth-order valence-corrected chi connectivity index (χ4v) is 8.71. The number of allylic oxidation sites excluding steroid dienone is 18. The molecule has 7 aliphatic rings. The van der Waals surface area contributed by atoms with Gasteiger partial charge in [-0.15, -0.1) is 11.3 Å². The van der Waals surface area contributed by atoms with Gasteiger partial charge in [-0.2, -0.15) is 0 Å². The zero-order valence-electron chi connectivity index (χ0n) is 31.0. The van der Waals surface area contributed by atoms with Crippen LogP contribution in [0.5, 0.6) is 0 Å². The molecule has 0 amide bonds. The van der Waals surface area contributed by atoms with E-state index in [1.165, 1.54) is 22.5 Å². The molecule has 0 bridgehead atoms. The molecule has 0 radical (unpaired) electrons. The first-order valence-corrected chi connectivity index (χ1v) is 17.1. The molecule has 8 atom stereocenters. The average Bonchev–Trinajstić information content (AvgIpc) is 3.56. The predicted octanol–water partition coefficient (Wildman–Crippen LogP) is 9.49. The largest absolute Gasteiger partial charge is 0.337 e. The third kappa shape index (κ3) is 5.32. The van der Waals surface area contributed by atoms with Gasteiger partial charge in [0.25, 0.3) is 0 Å². The molecule has 7 aliphatic carbocycles. The maximum Gasteiger partial charge on any atom is 0.0634 e. The van der Waals surface area contributed by atoms with E-state index < -0.39 is 25.1 Å². The van der Waals surface area contributed by atoms with E-state index in [1.54, 1.807) is 0 Å². The van der Waals surface area contributed by atoms with Crippen LogP contribution in [0, 0.1) is 17.8 Å². The smallest absolute Gasteiger partial charge is 0.0634 e. The van der Waals surface area contributed by atoms with Gasteiger partial charge < -0.3 is 4.90 Å². The molecule has 0 aliphatic heterocycles. The molecule has 1 heterocycles. The molecule has 1 aromatic heterocycles. The van der Waals surface area contributed by atoms with Gasteiger partial charge in [0.15, 0.2) is 0 Å². The van der Waals surface area contributed by atoms with Crippen molar-refractivity contribution in [2.45, 2.75) is 69.7 Å². The maximum absolute atomic E-state index is 9.57. The van der Waals surface area contributed by atoms with Crippen LogP contribution in [-0.2, 0) is 0 Å². The van der Waals surface area contributed by atoms with E-state index in [0.717, 1.165) is 54.3 Å². The normalized spacial score (nSPS) is 37.6. The highest BCUT2D eigenvalue weighted by Crippen LogP contribution is 2.40. The molecule has 0 fully saturated rings. The van der Waals surface area contributed by atoms with E-state index in [4.69, 9.17) is 4.11 Å². The molecule has 0 saturated carbocycles. The van der Waals surface area contributed by atoms with Gasteiger partial charge in [-0.1, -0.05) is 109 Å². The SMILES string of the molecule is [2H]C1=C([2H])C([2H])C(C2C=CC=CC2)c2c1sc1c2=C([2H])C([2H])C([2H])C=1N(C1=CCC(C2=CCCC=C2)C=C1)C1C=CC(C2C=CC=CC2)=CC1. The van der Waals surface area contributed by atoms with Crippen LogP contribution in [0.3, 0.4) is 0 Å². The Morgan fingerprint density at radius 3 is 2.43 bits per heavy atom. The monoisotopic (exact) mass is 599 g/mol. The molecule has 44 heavy (non-hydrogen) atoms. The van der Waals surface area contributed by atoms with Crippen LogP contribution in [-0.4, -0.2) is 10.9 Å². The quantitative estimate of drug-likeness (QED) is 0.315. The summed E-state index contributed by atoms with van der Waals surface area (Å²) in [5, 5.41) is 0.627. The summed E-state index contributed by atoms with van der Waals surface area (Å²) in [7, 11) is 0. The fraction of sp³-hybridized carbons (Fsp3) is 0.333. The molecule has 0 N–H and O–H groups in total. The highest BCUT2D eigenvalue weighted by molar-refractivity contribution is 7.11. The Morgan fingerprint density at radius 2 is 1.68 bits per heavy atom. The highest BCUT2D eigenvalue weighted by atomic mass is 32.1. The second-order valence-corrected chi connectivity index (χ2v) is 13.5. The number of nitrogens with zero attached hydrogens (tertiary/aromatic N) is 1. The van der Waals surface area contributed by atoms with Gasteiger partial charge in [0.1, 0.15) is 0 Å². The van der Waals surface area contributed by atoms with E-state index in [1.807, 2.05) is 12.2 Å². The van der Waals surface area contributed by atoms with Crippen LogP contribution in [0.1, 0.15) is 82.3 Å². The summed E-state index contributed by atoms with van der Waals surface area (Å²) in [6.45, 7) is 0. The number of fused-ring (bicyclic) bond motifs is 3. The summed E-state index contributed by atoms with van der Waals surface area (Å²) in [5.41, 5.74) is 5.10. The lowest BCUT2D eigenvalue weighted by Gasteiger charge is -2.38. The fourth-order valence-electron chi connectivity index (χ4n) is 7.50. The Morgan fingerprint density at radius 1 is 0.795 bits per heavy atom. The third-order valence-electron chi connectivity index (χ3n) is 9.82. The highest BCUT2D eigenvalue weighted by Gasteiger charge is 2.31. The maximum atomic E-state index is 9.57. The summed E-state index contributed by atoms with van der Waals surface area (Å²) in [6, 6.07) is 0.0493. The van der Waals surface area contributed by atoms with E-state index in [9.17, 15) is 4.11 Å². The van der Waals surface area contributed by atoms with Crippen LogP contribution >= 0.6 is 11.3 Å². The van der Waals surface area contributed by atoms with Crippen molar-refractivity contribution in [3.63, 3.8) is 0 Å². The Bertz CT molecular complexity index is 2050. The first kappa shape index (κ1) is 22.0. The first-order chi connectivity index (χ1) is 24.3. The Balaban J connectivity index is 1.29. The van der Waals surface area contributed by atoms with Crippen LogP contribution in [0.15, 0.2) is 126 Å². The minimum atomic E-state index is -1.11. The third-order valence-corrected chi connectivity index (χ3v) is 11.0. The van der Waals surface area contributed by atoms with Gasteiger partial charge in [0.05, 0.1) is 14.7 Å². The lowest BCUT2D eigenvalue weighted by atomic mass is 9.77. The van der Waals surface area contributed by atoms with E-state index in [-0.39, 0.29) is 30.1 Å². The Hall–Kier alpha value is -3.62. The molecule has 0 spiro atoms. The molecule has 8 rings (SSSR count). The van der Waals surface area contributed by atoms with Gasteiger partial charge in [-0.3, -0.25) is 0 Å². The zero-order valence-corrected chi connectivity index (χ0v) is 25.8. The second kappa shape index (κ2) is 12.4. The van der Waals surface area contributed by atoms with E-state index >= 15 is 0 Å². The molecule has 8 unspecified atom stereocenters. The number of hydrogen-bond acceptors (Lipinski definition) is 2. The molecule has 0 saturated heterocycles. The summed E-state index contributed by atoms with van der Waals surface area (Å²) >= 11 is 1.40. The molecule has 2 heteroatoms. The van der Waals surface area contributed by atoms with Crippen LogP contribution in [0.25, 0.3) is 17.8 Å². The van der Waals surface area contributed by atoms with Crippen molar-refractivity contribution in [1.82, 2.24) is 4.90 Å². The standard InChI is InChI=1S/C42H43NS/c1-4-12-30(13-5-1)32-22-26-35(27-23-32)43(36-28-24-33(25-29-36)31-14-6-2-7-15-31)39-20-10-19-38-41-37(34-16-8-3-9-17-34)18-11-21-40(41)44-42(38)39/h1,3-6,8-9,11-12,14-16,19,21-24,26,28-30,33-35,37H,2,7,10,13,17-18,20,25,27H2/i10D,11D,18D,19D,20D,21D. The minimum absolute atomic E-state index is 0.00773. The summed E-state index contributed by atoms with van der Waals surface area (Å²) in [6.07, 6.45) is 39.6. The molecule has 1 nitrogen and oxygen atoms in total. The summed E-state index contributed by atoms with van der Waals surface area (Å²) < 4.78 is 56.0. The van der Waals surface area contributed by atoms with Crippen LogP contribution in [0.4, 0.5) is 0 Å². The van der Waals surface area contributed by atoms with Crippen molar-refractivity contribution in [3.8, 4) is 0 Å². The zero-order chi connectivity index (χ0) is 34.5. The first-order valence-electron chi connectivity index (χ1n) is 19.5. The summed E-state index contributed by atoms with van der Waals surface area (Å²) in [5.74, 6) is 0.190. The molecular formula is C42H43NS. The second-order valence-electron chi connectivity index (χ2n) is 12.5. The van der Waals surface area contributed by atoms with Gasteiger partial charge >= 0.3 is 0 Å². The lowest BCUT2D eigenvalue weighted by Crippen LogP contribution is -2.40. The number of thiophene rings is 1. The predicted molar refractivity (Wildman–Crippen MR) is 189 cm³/mol. The van der Waals surface area contributed by atoms with Crippen molar-refractivity contribution in [1.29, 1.82) is 0 Å².